The molecule has 2 N–H and O–H groups in total. The number of carbonyl (C=O) groups is 1. The number of halogens is 3. The van der Waals surface area contributed by atoms with Crippen LogP contribution in [0.1, 0.15) is 11.1 Å². The SMILES string of the molecule is CN(C)CC(Cc1ccccc1)Nc1ncc(Cl)n(CC(=O)NCc2cc(Cl)ccc2-n2cnnn2)c1=O.Cl. The molecule has 1 unspecified atom stereocenters. The van der Waals surface area contributed by atoms with E-state index < -0.39 is 11.5 Å². The average Bonchev–Trinajstić information content (AvgIpc) is 3.42. The summed E-state index contributed by atoms with van der Waals surface area (Å²) < 4.78 is 2.65. The van der Waals surface area contributed by atoms with E-state index in [1.807, 2.05) is 49.3 Å². The van der Waals surface area contributed by atoms with Crippen LogP contribution in [0.25, 0.3) is 5.69 Å². The van der Waals surface area contributed by atoms with Crippen molar-refractivity contribution in [2.75, 3.05) is 26.0 Å². The van der Waals surface area contributed by atoms with Crippen molar-refractivity contribution in [3.05, 3.63) is 92.7 Å². The molecule has 39 heavy (non-hydrogen) atoms. The zero-order chi connectivity index (χ0) is 27.1. The first-order valence-corrected chi connectivity index (χ1v) is 12.5. The third-order valence-corrected chi connectivity index (χ3v) is 6.21. The number of carbonyl (C=O) groups excluding carboxylic acids is 1. The third-order valence-electron chi connectivity index (χ3n) is 5.67. The van der Waals surface area contributed by atoms with Crippen LogP contribution in [0.2, 0.25) is 10.2 Å². The van der Waals surface area contributed by atoms with Gasteiger partial charge < -0.3 is 15.5 Å². The molecule has 0 radical (unpaired) electrons. The number of tetrazole rings is 1. The van der Waals surface area contributed by atoms with E-state index >= 15 is 0 Å². The van der Waals surface area contributed by atoms with Crippen molar-refractivity contribution in [1.29, 1.82) is 0 Å². The highest BCUT2D eigenvalue weighted by Crippen LogP contribution is 2.19. The normalized spacial score (nSPS) is 11.6. The average molecular weight is 593 g/mol. The van der Waals surface area contributed by atoms with Gasteiger partial charge in [0.15, 0.2) is 5.82 Å². The van der Waals surface area contributed by atoms with E-state index in [0.29, 0.717) is 29.2 Å². The van der Waals surface area contributed by atoms with Crippen LogP contribution >= 0.6 is 35.6 Å². The van der Waals surface area contributed by atoms with Crippen molar-refractivity contribution in [3.63, 3.8) is 0 Å². The zero-order valence-electron chi connectivity index (χ0n) is 21.3. The van der Waals surface area contributed by atoms with Crippen molar-refractivity contribution in [1.82, 2.24) is 40.0 Å². The second-order valence-corrected chi connectivity index (χ2v) is 9.74. The van der Waals surface area contributed by atoms with E-state index in [1.165, 1.54) is 21.8 Å². The monoisotopic (exact) mass is 591 g/mol. The van der Waals surface area contributed by atoms with Crippen molar-refractivity contribution < 1.29 is 4.79 Å². The second-order valence-electron chi connectivity index (χ2n) is 8.92. The molecule has 2 heterocycles. The number of rotatable bonds is 11. The van der Waals surface area contributed by atoms with E-state index in [4.69, 9.17) is 23.2 Å². The van der Waals surface area contributed by atoms with Gasteiger partial charge in [0.05, 0.1) is 11.9 Å². The first-order valence-electron chi connectivity index (χ1n) is 11.8. The predicted molar refractivity (Wildman–Crippen MR) is 153 cm³/mol. The highest BCUT2D eigenvalue weighted by atomic mass is 35.5. The molecule has 0 aliphatic heterocycles. The van der Waals surface area contributed by atoms with E-state index in [2.05, 4.69) is 31.1 Å². The standard InChI is InChI=1S/C25H27Cl2N9O2.ClH/c1-34(2)14-20(10-17-6-4-3-5-7-17)31-24-25(38)35(22(27)13-29-24)15-23(37)28-12-18-11-19(26)8-9-21(18)36-16-30-32-33-36;/h3-9,11,13,16,20H,10,12,14-15H2,1-2H3,(H,28,37)(H,29,31);1H. The van der Waals surface area contributed by atoms with Gasteiger partial charge in [0.1, 0.15) is 18.0 Å². The van der Waals surface area contributed by atoms with Gasteiger partial charge in [-0.3, -0.25) is 14.2 Å². The van der Waals surface area contributed by atoms with Gasteiger partial charge >= 0.3 is 0 Å². The summed E-state index contributed by atoms with van der Waals surface area (Å²) in [6.45, 7) is 0.522. The largest absolute Gasteiger partial charge is 0.361 e. The quantitative estimate of drug-likeness (QED) is 0.273. The molecule has 4 rings (SSSR count). The number of benzene rings is 2. The van der Waals surface area contributed by atoms with Gasteiger partial charge in [0.2, 0.25) is 5.91 Å². The second kappa shape index (κ2) is 14.0. The summed E-state index contributed by atoms with van der Waals surface area (Å²) in [6.07, 6.45) is 3.49. The molecule has 1 amide bonds. The summed E-state index contributed by atoms with van der Waals surface area (Å²) in [5.41, 5.74) is 2.00. The maximum Gasteiger partial charge on any atom is 0.294 e. The van der Waals surface area contributed by atoms with Crippen LogP contribution < -0.4 is 16.2 Å². The summed E-state index contributed by atoms with van der Waals surface area (Å²) in [5, 5.41) is 17.8. The Labute approximate surface area is 241 Å². The first-order chi connectivity index (χ1) is 18.3. The summed E-state index contributed by atoms with van der Waals surface area (Å²) in [7, 11) is 3.92. The highest BCUT2D eigenvalue weighted by Gasteiger charge is 2.18. The van der Waals surface area contributed by atoms with E-state index in [9.17, 15) is 9.59 Å². The molecule has 0 bridgehead atoms. The molecular weight excluding hydrogens is 565 g/mol. The zero-order valence-corrected chi connectivity index (χ0v) is 23.6. The number of anilines is 1. The van der Waals surface area contributed by atoms with Gasteiger partial charge in [-0.15, -0.1) is 17.5 Å². The van der Waals surface area contributed by atoms with Crippen LogP contribution in [0.15, 0.2) is 65.8 Å². The van der Waals surface area contributed by atoms with Crippen LogP contribution in [-0.2, 0) is 24.3 Å². The van der Waals surface area contributed by atoms with Crippen molar-refractivity contribution in [2.24, 2.45) is 0 Å². The molecular formula is C25H28Cl3N9O2. The molecule has 2 aromatic heterocycles. The lowest BCUT2D eigenvalue weighted by Gasteiger charge is -2.23. The molecule has 4 aromatic rings. The number of nitrogens with one attached hydrogen (secondary N) is 2. The number of likely N-dealkylation sites (N-methyl/N-ethyl adjacent to an activating group) is 1. The minimum atomic E-state index is -0.485. The Hall–Kier alpha value is -3.51. The number of hydrogen-bond acceptors (Lipinski definition) is 8. The predicted octanol–water partition coefficient (Wildman–Crippen LogP) is 2.85. The Morgan fingerprint density at radius 2 is 1.90 bits per heavy atom. The van der Waals surface area contributed by atoms with Crippen molar-refractivity contribution in [3.8, 4) is 5.69 Å². The molecule has 1 atom stereocenters. The maximum atomic E-state index is 13.2. The summed E-state index contributed by atoms with van der Waals surface area (Å²) >= 11 is 12.4. The molecule has 14 heteroatoms. The van der Waals surface area contributed by atoms with E-state index in [0.717, 1.165) is 5.56 Å². The van der Waals surface area contributed by atoms with Crippen molar-refractivity contribution in [2.45, 2.75) is 25.6 Å². The van der Waals surface area contributed by atoms with Gasteiger partial charge in [-0.1, -0.05) is 53.5 Å². The Morgan fingerprint density at radius 3 is 2.59 bits per heavy atom. The Morgan fingerprint density at radius 1 is 1.13 bits per heavy atom. The topological polar surface area (TPSA) is 123 Å². The number of amides is 1. The summed E-state index contributed by atoms with van der Waals surface area (Å²) in [5.74, 6) is -0.288. The highest BCUT2D eigenvalue weighted by molar-refractivity contribution is 6.30. The number of hydrogen-bond donors (Lipinski definition) is 2. The fourth-order valence-electron chi connectivity index (χ4n) is 3.99. The molecule has 0 saturated heterocycles. The molecule has 11 nitrogen and oxygen atoms in total. The fraction of sp³-hybridized carbons (Fsp3) is 0.280. The van der Waals surface area contributed by atoms with Gasteiger partial charge in [-0.05, 0) is 60.3 Å². The summed E-state index contributed by atoms with van der Waals surface area (Å²) in [6, 6.07) is 15.1. The van der Waals surface area contributed by atoms with Crippen LogP contribution in [0, 0.1) is 0 Å². The molecule has 0 saturated carbocycles. The van der Waals surface area contributed by atoms with Gasteiger partial charge in [-0.25, -0.2) is 9.67 Å². The number of aromatic nitrogens is 6. The number of nitrogens with zero attached hydrogens (tertiary/aromatic N) is 7. The maximum absolute atomic E-state index is 13.2. The molecule has 0 fully saturated rings. The van der Waals surface area contributed by atoms with Crippen LogP contribution in [0.3, 0.4) is 0 Å². The molecule has 206 valence electrons. The van der Waals surface area contributed by atoms with Gasteiger partial charge in [-0.2, -0.15) is 0 Å². The molecule has 2 aromatic carbocycles. The van der Waals surface area contributed by atoms with Crippen LogP contribution in [0.5, 0.6) is 0 Å². The molecule has 0 spiro atoms. The third kappa shape index (κ3) is 8.24. The summed E-state index contributed by atoms with van der Waals surface area (Å²) in [4.78, 5) is 32.3. The van der Waals surface area contributed by atoms with Gasteiger partial charge in [0.25, 0.3) is 5.56 Å². The fourth-order valence-corrected chi connectivity index (χ4v) is 4.37. The molecule has 0 aliphatic carbocycles. The van der Waals surface area contributed by atoms with E-state index in [-0.39, 0.29) is 42.5 Å². The van der Waals surface area contributed by atoms with Crippen molar-refractivity contribution >= 4 is 47.3 Å². The Kier molecular flexibility index (Phi) is 10.8. The first kappa shape index (κ1) is 30.0. The Balaban J connectivity index is 0.00000420. The molecule has 0 aliphatic rings. The lowest BCUT2D eigenvalue weighted by molar-refractivity contribution is -0.121. The lowest BCUT2D eigenvalue weighted by atomic mass is 10.1. The van der Waals surface area contributed by atoms with Crippen LogP contribution in [-0.4, -0.2) is 67.2 Å². The van der Waals surface area contributed by atoms with Gasteiger partial charge in [0, 0.05) is 24.2 Å². The minimum absolute atomic E-state index is 0. The lowest BCUT2D eigenvalue weighted by Crippen LogP contribution is -2.38. The minimum Gasteiger partial charge on any atom is -0.361 e. The van der Waals surface area contributed by atoms with Crippen LogP contribution in [0.4, 0.5) is 5.82 Å². The smallest absolute Gasteiger partial charge is 0.294 e. The Bertz CT molecular complexity index is 1430. The van der Waals surface area contributed by atoms with E-state index in [1.54, 1.807) is 18.2 Å².